The normalized spacial score (nSPS) is 25.9. The van der Waals surface area contributed by atoms with Gasteiger partial charge in [-0.1, -0.05) is 13.3 Å². The Labute approximate surface area is 99.9 Å². The number of hydrogen-bond acceptors (Lipinski definition) is 2. The first-order valence-electron chi connectivity index (χ1n) is 6.66. The third-order valence-electron chi connectivity index (χ3n) is 3.97. The van der Waals surface area contributed by atoms with Crippen molar-refractivity contribution in [3.63, 3.8) is 0 Å². The first kappa shape index (κ1) is 13.5. The van der Waals surface area contributed by atoms with E-state index < -0.39 is 0 Å². The second-order valence-electron chi connectivity index (χ2n) is 5.19. The van der Waals surface area contributed by atoms with E-state index in [-0.39, 0.29) is 0 Å². The highest BCUT2D eigenvalue weighted by molar-refractivity contribution is 5.76. The summed E-state index contributed by atoms with van der Waals surface area (Å²) in [5.41, 5.74) is 5.36. The van der Waals surface area contributed by atoms with Gasteiger partial charge >= 0.3 is 0 Å². The highest BCUT2D eigenvalue weighted by Gasteiger charge is 2.22. The zero-order valence-corrected chi connectivity index (χ0v) is 10.8. The van der Waals surface area contributed by atoms with Crippen LogP contribution in [0.5, 0.6) is 0 Å². The maximum absolute atomic E-state index is 7.19. The van der Waals surface area contributed by atoms with Gasteiger partial charge in [0, 0.05) is 12.5 Å². The molecule has 0 heterocycles. The third-order valence-corrected chi connectivity index (χ3v) is 3.97. The molecule has 1 saturated carbocycles. The number of nitrogens with two attached hydrogens (primary N) is 1. The lowest BCUT2D eigenvalue weighted by Gasteiger charge is -2.34. The molecule has 0 unspecified atom stereocenters. The number of hydrogen-bond donors (Lipinski definition) is 2. The molecule has 0 aromatic heterocycles. The molecule has 0 amide bonds. The van der Waals surface area contributed by atoms with Gasteiger partial charge in [-0.05, 0) is 51.6 Å². The minimum atomic E-state index is 0.322. The lowest BCUT2D eigenvalue weighted by Crippen LogP contribution is -2.36. The van der Waals surface area contributed by atoms with Crippen LogP contribution in [-0.4, -0.2) is 30.4 Å². The summed E-state index contributed by atoms with van der Waals surface area (Å²) < 4.78 is 0. The Morgan fingerprint density at radius 2 is 1.94 bits per heavy atom. The lowest BCUT2D eigenvalue weighted by atomic mass is 9.84. The van der Waals surface area contributed by atoms with Gasteiger partial charge in [0.2, 0.25) is 0 Å². The summed E-state index contributed by atoms with van der Waals surface area (Å²) >= 11 is 0. The van der Waals surface area contributed by atoms with E-state index in [0.29, 0.717) is 5.84 Å². The van der Waals surface area contributed by atoms with E-state index in [1.165, 1.54) is 32.1 Å². The second kappa shape index (κ2) is 6.89. The van der Waals surface area contributed by atoms with Crippen LogP contribution in [0.3, 0.4) is 0 Å². The molecule has 1 fully saturated rings. The van der Waals surface area contributed by atoms with Crippen LogP contribution in [0.25, 0.3) is 0 Å². The minimum Gasteiger partial charge on any atom is -0.388 e. The van der Waals surface area contributed by atoms with Crippen LogP contribution in [0, 0.1) is 11.3 Å². The maximum atomic E-state index is 7.19. The minimum absolute atomic E-state index is 0.322. The molecule has 0 aliphatic heterocycles. The Morgan fingerprint density at radius 3 is 2.44 bits per heavy atom. The fourth-order valence-corrected chi connectivity index (χ4v) is 2.70. The molecule has 1 aliphatic carbocycles. The zero-order valence-electron chi connectivity index (χ0n) is 10.8. The Bertz CT molecular complexity index is 207. The van der Waals surface area contributed by atoms with Crippen molar-refractivity contribution < 1.29 is 0 Å². The summed E-state index contributed by atoms with van der Waals surface area (Å²) in [6.07, 6.45) is 8.63. The summed E-state index contributed by atoms with van der Waals surface area (Å²) in [5, 5.41) is 7.19. The van der Waals surface area contributed by atoms with Gasteiger partial charge in [0.25, 0.3) is 0 Å². The van der Waals surface area contributed by atoms with Gasteiger partial charge in [0.05, 0.1) is 5.84 Å². The molecule has 0 aromatic rings. The van der Waals surface area contributed by atoms with Crippen molar-refractivity contribution in [1.29, 1.82) is 5.41 Å². The molecule has 0 aromatic carbocycles. The Balaban J connectivity index is 2.17. The summed E-state index contributed by atoms with van der Waals surface area (Å²) in [5.74, 6) is 1.30. The molecule has 0 bridgehead atoms. The van der Waals surface area contributed by atoms with Crippen LogP contribution in [0.2, 0.25) is 0 Å². The standard InChI is InChI=1S/C13H27N3/c1-3-11-6-8-12(9-7-11)16(2)10-4-5-13(14)15/h11-12H,3-10H2,1-2H3,(H3,14,15). The van der Waals surface area contributed by atoms with Crippen LogP contribution in [0.4, 0.5) is 0 Å². The molecule has 0 radical (unpaired) electrons. The molecule has 3 heteroatoms. The van der Waals surface area contributed by atoms with Crippen molar-refractivity contribution in [1.82, 2.24) is 4.90 Å². The van der Waals surface area contributed by atoms with Crippen molar-refractivity contribution in [3.05, 3.63) is 0 Å². The van der Waals surface area contributed by atoms with Gasteiger partial charge in [-0.15, -0.1) is 0 Å². The fraction of sp³-hybridized carbons (Fsp3) is 0.923. The van der Waals surface area contributed by atoms with Gasteiger partial charge in [-0.25, -0.2) is 0 Å². The molecule has 1 aliphatic rings. The van der Waals surface area contributed by atoms with Crippen molar-refractivity contribution >= 4 is 5.84 Å². The van der Waals surface area contributed by atoms with E-state index in [1.807, 2.05) is 0 Å². The monoisotopic (exact) mass is 225 g/mol. The van der Waals surface area contributed by atoms with Gasteiger partial charge in [-0.2, -0.15) is 0 Å². The fourth-order valence-electron chi connectivity index (χ4n) is 2.70. The van der Waals surface area contributed by atoms with E-state index in [4.69, 9.17) is 11.1 Å². The molecule has 3 nitrogen and oxygen atoms in total. The van der Waals surface area contributed by atoms with Gasteiger partial charge in [-0.3, -0.25) is 5.41 Å². The molecule has 0 saturated heterocycles. The van der Waals surface area contributed by atoms with Crippen LogP contribution < -0.4 is 5.73 Å². The molecular weight excluding hydrogens is 198 g/mol. The van der Waals surface area contributed by atoms with E-state index in [1.54, 1.807) is 0 Å². The summed E-state index contributed by atoms with van der Waals surface area (Å²) in [6, 6.07) is 0.773. The highest BCUT2D eigenvalue weighted by Crippen LogP contribution is 2.28. The van der Waals surface area contributed by atoms with Gasteiger partial charge in [0.1, 0.15) is 0 Å². The summed E-state index contributed by atoms with van der Waals surface area (Å²) in [6.45, 7) is 3.39. The first-order valence-corrected chi connectivity index (χ1v) is 6.66. The SMILES string of the molecule is CCC1CCC(N(C)CCCC(=N)N)CC1. The Kier molecular flexibility index (Phi) is 5.81. The molecule has 0 atom stereocenters. The highest BCUT2D eigenvalue weighted by atomic mass is 15.1. The van der Waals surface area contributed by atoms with E-state index in [0.717, 1.165) is 31.3 Å². The van der Waals surface area contributed by atoms with Crippen LogP contribution in [-0.2, 0) is 0 Å². The van der Waals surface area contributed by atoms with Gasteiger partial charge < -0.3 is 10.6 Å². The smallest absolute Gasteiger partial charge is 0.0905 e. The predicted molar refractivity (Wildman–Crippen MR) is 69.8 cm³/mol. The average molecular weight is 225 g/mol. The lowest BCUT2D eigenvalue weighted by molar-refractivity contribution is 0.163. The summed E-state index contributed by atoms with van der Waals surface area (Å²) in [4.78, 5) is 2.47. The topological polar surface area (TPSA) is 53.1 Å². The largest absolute Gasteiger partial charge is 0.388 e. The van der Waals surface area contributed by atoms with Crippen molar-refractivity contribution in [2.45, 2.75) is 57.9 Å². The third kappa shape index (κ3) is 4.52. The van der Waals surface area contributed by atoms with E-state index in [2.05, 4.69) is 18.9 Å². The molecule has 3 N–H and O–H groups in total. The predicted octanol–water partition coefficient (Wildman–Crippen LogP) is 2.60. The second-order valence-corrected chi connectivity index (χ2v) is 5.19. The van der Waals surface area contributed by atoms with E-state index in [9.17, 15) is 0 Å². The van der Waals surface area contributed by atoms with Crippen LogP contribution >= 0.6 is 0 Å². The van der Waals surface area contributed by atoms with Crippen molar-refractivity contribution in [3.8, 4) is 0 Å². The number of nitrogens with zero attached hydrogens (tertiary/aromatic N) is 1. The quantitative estimate of drug-likeness (QED) is 0.539. The first-order chi connectivity index (χ1) is 7.63. The Hall–Kier alpha value is -0.570. The number of rotatable bonds is 6. The Morgan fingerprint density at radius 1 is 1.31 bits per heavy atom. The van der Waals surface area contributed by atoms with Crippen LogP contribution in [0.15, 0.2) is 0 Å². The average Bonchev–Trinajstić information content (AvgIpc) is 2.28. The summed E-state index contributed by atoms with van der Waals surface area (Å²) in [7, 11) is 2.22. The molecule has 16 heavy (non-hydrogen) atoms. The van der Waals surface area contributed by atoms with E-state index >= 15 is 0 Å². The number of amidine groups is 1. The molecule has 0 spiro atoms. The van der Waals surface area contributed by atoms with Crippen molar-refractivity contribution in [2.24, 2.45) is 11.7 Å². The molecule has 1 rings (SSSR count). The van der Waals surface area contributed by atoms with Crippen LogP contribution in [0.1, 0.15) is 51.9 Å². The maximum Gasteiger partial charge on any atom is 0.0905 e. The molecule has 94 valence electrons. The molecular formula is C13H27N3. The van der Waals surface area contributed by atoms with Crippen molar-refractivity contribution in [2.75, 3.05) is 13.6 Å². The number of nitrogens with one attached hydrogen (secondary N) is 1. The zero-order chi connectivity index (χ0) is 12.0. The van der Waals surface area contributed by atoms with Gasteiger partial charge in [0.15, 0.2) is 0 Å².